The molecule has 46 heavy (non-hydrogen) atoms. The molecule has 0 radical (unpaired) electrons. The molecular formula is C35H42FN7O3. The first-order valence-electron chi connectivity index (χ1n) is 16.9. The summed E-state index contributed by atoms with van der Waals surface area (Å²) in [4.78, 5) is 34.5. The quantitative estimate of drug-likeness (QED) is 0.342. The van der Waals surface area contributed by atoms with Crippen LogP contribution in [0.15, 0.2) is 47.5 Å². The average Bonchev–Trinajstić information content (AvgIpc) is 3.94. The van der Waals surface area contributed by atoms with Crippen LogP contribution in [0.5, 0.6) is 11.6 Å². The van der Waals surface area contributed by atoms with E-state index in [1.54, 1.807) is 22.8 Å². The van der Waals surface area contributed by atoms with Crippen LogP contribution in [0, 0.1) is 29.0 Å². The second-order valence-corrected chi connectivity index (χ2v) is 14.7. The highest BCUT2D eigenvalue weighted by Gasteiger charge is 2.53. The molecule has 8 rings (SSSR count). The van der Waals surface area contributed by atoms with E-state index >= 15 is 0 Å². The standard InChI is InChI=1S/C35H42FN7O3/c1-21(2)31(23-14-25(15-23)39-33(45)22-6-7-22)42-18-35(19-42)12-13-41(17-35)32-34(40-38-20-37-32)46-29-11-8-24(36)16-27(29)28-4-3-5-30(44)43(28)26-9-10-26/h3-5,8,11,16,20-23,25-26,31H,6-7,9-10,12-15,17-19H2,1-2H3,(H,39,45)/t23?,25?,31-/m0/s1. The summed E-state index contributed by atoms with van der Waals surface area (Å²) in [6, 6.07) is 10.4. The zero-order valence-corrected chi connectivity index (χ0v) is 26.6. The fourth-order valence-electron chi connectivity index (χ4n) is 8.25. The van der Waals surface area contributed by atoms with Gasteiger partial charge >= 0.3 is 0 Å². The molecule has 5 aliphatic rings. The molecule has 2 aromatic heterocycles. The number of hydrogen-bond acceptors (Lipinski definition) is 8. The molecule has 3 aromatic rings. The predicted molar refractivity (Wildman–Crippen MR) is 171 cm³/mol. The molecule has 4 heterocycles. The van der Waals surface area contributed by atoms with Crippen LogP contribution in [0.2, 0.25) is 0 Å². The van der Waals surface area contributed by atoms with Crippen molar-refractivity contribution in [2.75, 3.05) is 31.1 Å². The predicted octanol–water partition coefficient (Wildman–Crippen LogP) is 4.81. The minimum Gasteiger partial charge on any atom is -0.434 e. The fourth-order valence-corrected chi connectivity index (χ4v) is 8.25. The van der Waals surface area contributed by atoms with Gasteiger partial charge in [-0.25, -0.2) is 9.37 Å². The van der Waals surface area contributed by atoms with Gasteiger partial charge in [-0.1, -0.05) is 19.9 Å². The Morgan fingerprint density at radius 3 is 2.63 bits per heavy atom. The lowest BCUT2D eigenvalue weighted by Crippen LogP contribution is -2.65. The molecule has 1 N–H and O–H groups in total. The third-order valence-electron chi connectivity index (χ3n) is 10.8. The third-order valence-corrected chi connectivity index (χ3v) is 10.8. The van der Waals surface area contributed by atoms with Crippen LogP contribution >= 0.6 is 0 Å². The lowest BCUT2D eigenvalue weighted by molar-refractivity contribution is -0.124. The van der Waals surface area contributed by atoms with Gasteiger partial charge in [-0.2, -0.15) is 0 Å². The molecule has 1 amide bonds. The molecule has 2 aliphatic heterocycles. The number of anilines is 1. The molecule has 3 saturated carbocycles. The maximum absolute atomic E-state index is 14.6. The number of carbonyl (C=O) groups excluding carboxylic acids is 1. The SMILES string of the molecule is CC(C)[C@@H](C1CC(NC(=O)C2CC2)C1)N1CC2(CCN(c3ncnnc3Oc3ccc(F)cc3-c3cccc(=O)n3C3CC3)C2)C1. The van der Waals surface area contributed by atoms with E-state index in [1.807, 2.05) is 6.07 Å². The molecule has 1 atom stereocenters. The summed E-state index contributed by atoms with van der Waals surface area (Å²) in [6.45, 7) is 8.43. The summed E-state index contributed by atoms with van der Waals surface area (Å²) in [7, 11) is 0. The minimum atomic E-state index is -0.408. The summed E-state index contributed by atoms with van der Waals surface area (Å²) in [5.41, 5.74) is 1.20. The van der Waals surface area contributed by atoms with Gasteiger partial charge in [-0.15, -0.1) is 10.2 Å². The Hall–Kier alpha value is -3.86. The van der Waals surface area contributed by atoms with Crippen LogP contribution in [0.4, 0.5) is 10.2 Å². The zero-order chi connectivity index (χ0) is 31.6. The van der Waals surface area contributed by atoms with Crippen molar-refractivity contribution in [3.8, 4) is 22.9 Å². The van der Waals surface area contributed by atoms with Gasteiger partial charge in [0.2, 0.25) is 5.91 Å². The Balaban J connectivity index is 0.959. The van der Waals surface area contributed by atoms with Gasteiger partial charge in [0, 0.05) is 67.3 Å². The Labute approximate surface area is 268 Å². The number of hydrogen-bond donors (Lipinski definition) is 1. The summed E-state index contributed by atoms with van der Waals surface area (Å²) >= 11 is 0. The molecular weight excluding hydrogens is 585 g/mol. The van der Waals surface area contributed by atoms with Crippen molar-refractivity contribution in [3.63, 3.8) is 0 Å². The summed E-state index contributed by atoms with van der Waals surface area (Å²) in [5, 5.41) is 11.6. The van der Waals surface area contributed by atoms with Crippen LogP contribution in [0.25, 0.3) is 11.3 Å². The van der Waals surface area contributed by atoms with Crippen LogP contribution in [-0.4, -0.2) is 68.8 Å². The van der Waals surface area contributed by atoms with Gasteiger partial charge in [0.15, 0.2) is 5.82 Å². The van der Waals surface area contributed by atoms with E-state index in [0.29, 0.717) is 46.7 Å². The highest BCUT2D eigenvalue weighted by Crippen LogP contribution is 2.48. The molecule has 2 saturated heterocycles. The van der Waals surface area contributed by atoms with Gasteiger partial charge in [0.25, 0.3) is 11.4 Å². The van der Waals surface area contributed by atoms with Crippen molar-refractivity contribution in [2.24, 2.45) is 23.2 Å². The second-order valence-electron chi connectivity index (χ2n) is 14.7. The van der Waals surface area contributed by atoms with Gasteiger partial charge < -0.3 is 19.5 Å². The third kappa shape index (κ3) is 5.56. The first-order valence-corrected chi connectivity index (χ1v) is 16.9. The highest BCUT2D eigenvalue weighted by atomic mass is 19.1. The maximum atomic E-state index is 14.6. The van der Waals surface area contributed by atoms with E-state index in [1.165, 1.54) is 18.5 Å². The highest BCUT2D eigenvalue weighted by molar-refractivity contribution is 5.81. The number of carbonyl (C=O) groups is 1. The largest absolute Gasteiger partial charge is 0.434 e. The number of rotatable bonds is 10. The molecule has 1 spiro atoms. The molecule has 1 aromatic carbocycles. The average molecular weight is 628 g/mol. The monoisotopic (exact) mass is 627 g/mol. The lowest BCUT2D eigenvalue weighted by Gasteiger charge is -2.57. The van der Waals surface area contributed by atoms with Crippen molar-refractivity contribution >= 4 is 11.7 Å². The van der Waals surface area contributed by atoms with Crippen LogP contribution in [0.3, 0.4) is 0 Å². The van der Waals surface area contributed by atoms with Crippen LogP contribution < -0.4 is 20.5 Å². The Kier molecular flexibility index (Phi) is 7.34. The number of nitrogens with one attached hydrogen (secondary N) is 1. The van der Waals surface area contributed by atoms with Crippen molar-refractivity contribution in [3.05, 3.63) is 58.9 Å². The van der Waals surface area contributed by atoms with E-state index in [-0.39, 0.29) is 34.7 Å². The normalized spacial score (nSPS) is 24.5. The van der Waals surface area contributed by atoms with E-state index in [2.05, 4.69) is 44.1 Å². The van der Waals surface area contributed by atoms with Crippen molar-refractivity contribution in [1.29, 1.82) is 0 Å². The first kappa shape index (κ1) is 29.5. The summed E-state index contributed by atoms with van der Waals surface area (Å²) in [5.74, 6) is 2.60. The molecule has 5 fully saturated rings. The molecule has 0 bridgehead atoms. The number of pyridine rings is 1. The fraction of sp³-hybridized carbons (Fsp3) is 0.571. The van der Waals surface area contributed by atoms with E-state index < -0.39 is 5.82 Å². The summed E-state index contributed by atoms with van der Waals surface area (Å²) in [6.07, 6.45) is 8.60. The van der Waals surface area contributed by atoms with Crippen LogP contribution in [-0.2, 0) is 4.79 Å². The Bertz CT molecular complexity index is 1690. The number of likely N-dealkylation sites (tertiary alicyclic amines) is 1. The van der Waals surface area contributed by atoms with Gasteiger partial charge in [-0.05, 0) is 81.0 Å². The number of aromatic nitrogens is 4. The zero-order valence-electron chi connectivity index (χ0n) is 26.6. The molecule has 0 unspecified atom stereocenters. The number of ether oxygens (including phenoxy) is 1. The maximum Gasteiger partial charge on any atom is 0.282 e. The van der Waals surface area contributed by atoms with Gasteiger partial charge in [0.1, 0.15) is 17.9 Å². The van der Waals surface area contributed by atoms with Crippen LogP contribution in [0.1, 0.15) is 64.8 Å². The number of amides is 1. The second kappa shape index (κ2) is 11.4. The first-order chi connectivity index (χ1) is 22.3. The summed E-state index contributed by atoms with van der Waals surface area (Å²) < 4.78 is 22.7. The molecule has 10 nitrogen and oxygen atoms in total. The van der Waals surface area contributed by atoms with Crippen molar-refractivity contribution < 1.29 is 13.9 Å². The number of halogens is 1. The number of benzene rings is 1. The van der Waals surface area contributed by atoms with E-state index in [9.17, 15) is 14.0 Å². The van der Waals surface area contributed by atoms with Gasteiger partial charge in [0.05, 0.1) is 5.69 Å². The van der Waals surface area contributed by atoms with E-state index in [4.69, 9.17) is 4.74 Å². The Morgan fingerprint density at radius 1 is 1.09 bits per heavy atom. The minimum absolute atomic E-state index is 0.105. The number of nitrogens with zero attached hydrogens (tertiary/aromatic N) is 6. The van der Waals surface area contributed by atoms with Crippen molar-refractivity contribution in [2.45, 2.75) is 76.9 Å². The molecule has 3 aliphatic carbocycles. The van der Waals surface area contributed by atoms with Crippen molar-refractivity contribution in [1.82, 2.24) is 30.0 Å². The smallest absolute Gasteiger partial charge is 0.282 e. The lowest BCUT2D eigenvalue weighted by atomic mass is 9.68. The molecule has 11 heteroatoms. The van der Waals surface area contributed by atoms with E-state index in [0.717, 1.165) is 71.1 Å². The topological polar surface area (TPSA) is 105 Å². The van der Waals surface area contributed by atoms with Gasteiger partial charge in [-0.3, -0.25) is 14.5 Å². The molecule has 242 valence electrons. The Morgan fingerprint density at radius 2 is 1.89 bits per heavy atom.